The fourth-order valence-corrected chi connectivity index (χ4v) is 2.08. The van der Waals surface area contributed by atoms with E-state index in [4.69, 9.17) is 0 Å². The van der Waals surface area contributed by atoms with E-state index in [9.17, 15) is 9.59 Å². The molecule has 0 spiro atoms. The summed E-state index contributed by atoms with van der Waals surface area (Å²) in [5.41, 5.74) is 1.81. The van der Waals surface area contributed by atoms with Gasteiger partial charge >= 0.3 is 0 Å². The number of anilines is 1. The van der Waals surface area contributed by atoms with Gasteiger partial charge in [-0.2, -0.15) is 0 Å². The van der Waals surface area contributed by atoms with E-state index in [1.165, 1.54) is 6.92 Å². The zero-order chi connectivity index (χ0) is 15.4. The van der Waals surface area contributed by atoms with E-state index < -0.39 is 0 Å². The number of benzene rings is 2. The first-order chi connectivity index (χ1) is 9.97. The van der Waals surface area contributed by atoms with E-state index in [0.29, 0.717) is 6.54 Å². The molecule has 0 aliphatic rings. The maximum absolute atomic E-state index is 11.8. The van der Waals surface area contributed by atoms with Gasteiger partial charge in [-0.3, -0.25) is 9.59 Å². The average Bonchev–Trinajstić information content (AvgIpc) is 2.44. The summed E-state index contributed by atoms with van der Waals surface area (Å²) in [4.78, 5) is 22.9. The summed E-state index contributed by atoms with van der Waals surface area (Å²) < 4.78 is 0. The van der Waals surface area contributed by atoms with Crippen LogP contribution in [0.1, 0.15) is 26.3 Å². The highest BCUT2D eigenvalue weighted by molar-refractivity contribution is 5.96. The van der Waals surface area contributed by atoms with E-state index in [1.807, 2.05) is 50.2 Å². The Balaban J connectivity index is 2.33. The molecule has 0 saturated carbocycles. The Labute approximate surface area is 124 Å². The molecule has 2 N–H and O–H groups in total. The molecule has 0 fully saturated rings. The lowest BCUT2D eigenvalue weighted by Crippen LogP contribution is -2.19. The van der Waals surface area contributed by atoms with Gasteiger partial charge in [-0.15, -0.1) is 0 Å². The van der Waals surface area contributed by atoms with Crippen molar-refractivity contribution in [2.75, 3.05) is 5.32 Å². The van der Waals surface area contributed by atoms with Crippen LogP contribution in [0.15, 0.2) is 36.4 Å². The molecule has 0 aromatic heterocycles. The molecule has 4 heteroatoms. The van der Waals surface area contributed by atoms with Gasteiger partial charge < -0.3 is 10.6 Å². The van der Waals surface area contributed by atoms with E-state index in [-0.39, 0.29) is 17.7 Å². The fourth-order valence-electron chi connectivity index (χ4n) is 2.08. The molecule has 2 amide bonds. The van der Waals surface area contributed by atoms with Gasteiger partial charge in [0, 0.05) is 25.1 Å². The minimum Gasteiger partial charge on any atom is -0.352 e. The second kappa shape index (κ2) is 6.39. The zero-order valence-corrected chi connectivity index (χ0v) is 12.6. The van der Waals surface area contributed by atoms with Crippen molar-refractivity contribution in [3.05, 3.63) is 42.0 Å². The highest BCUT2D eigenvalue weighted by atomic mass is 16.2. The smallest absolute Gasteiger partial charge is 0.226 e. The summed E-state index contributed by atoms with van der Waals surface area (Å²) >= 11 is 0. The fraction of sp³-hybridized carbons (Fsp3) is 0.294. The highest BCUT2D eigenvalue weighted by Crippen LogP contribution is 2.23. The average molecular weight is 284 g/mol. The quantitative estimate of drug-likeness (QED) is 0.906. The molecule has 21 heavy (non-hydrogen) atoms. The van der Waals surface area contributed by atoms with Crippen molar-refractivity contribution in [2.45, 2.75) is 27.3 Å². The minimum absolute atomic E-state index is 0.00584. The third-order valence-corrected chi connectivity index (χ3v) is 3.29. The van der Waals surface area contributed by atoms with E-state index in [1.54, 1.807) is 0 Å². The maximum atomic E-state index is 11.8. The van der Waals surface area contributed by atoms with Gasteiger partial charge in [0.25, 0.3) is 0 Å². The molecule has 0 radical (unpaired) electrons. The van der Waals surface area contributed by atoms with Crippen LogP contribution < -0.4 is 10.6 Å². The molecule has 0 bridgehead atoms. The Kier molecular flexibility index (Phi) is 4.58. The number of nitrogens with one attached hydrogen (secondary N) is 2. The van der Waals surface area contributed by atoms with Crippen LogP contribution in [0.2, 0.25) is 0 Å². The minimum atomic E-state index is -0.0599. The Morgan fingerprint density at radius 2 is 1.90 bits per heavy atom. The number of carbonyl (C=O) groups excluding carboxylic acids is 2. The van der Waals surface area contributed by atoms with Crippen LogP contribution in [0.4, 0.5) is 5.69 Å². The summed E-state index contributed by atoms with van der Waals surface area (Å²) in [5.74, 6) is -0.125. The Morgan fingerprint density at radius 1 is 1.14 bits per heavy atom. The first-order valence-corrected chi connectivity index (χ1v) is 7.04. The van der Waals surface area contributed by atoms with Gasteiger partial charge in [0.05, 0.1) is 0 Å². The van der Waals surface area contributed by atoms with Crippen molar-refractivity contribution in [2.24, 2.45) is 5.92 Å². The summed E-state index contributed by atoms with van der Waals surface area (Å²) in [6, 6.07) is 11.8. The molecule has 2 aromatic rings. The van der Waals surface area contributed by atoms with Crippen molar-refractivity contribution in [1.82, 2.24) is 5.32 Å². The normalized spacial score (nSPS) is 10.7. The van der Waals surface area contributed by atoms with Gasteiger partial charge in [-0.05, 0) is 28.5 Å². The number of hydrogen-bond acceptors (Lipinski definition) is 2. The standard InChI is InChI=1S/C17H20N2O2/c1-11(2)17(21)19-15-8-7-13-5-4-6-14(16(13)9-15)10-18-12(3)20/h4-9,11H,10H2,1-3H3,(H,18,20)(H,19,21). The molecule has 0 heterocycles. The second-order valence-electron chi connectivity index (χ2n) is 5.41. The summed E-state index contributed by atoms with van der Waals surface area (Å²) in [5, 5.41) is 7.82. The third kappa shape index (κ3) is 3.81. The largest absolute Gasteiger partial charge is 0.352 e. The first kappa shape index (κ1) is 15.0. The molecular weight excluding hydrogens is 264 g/mol. The van der Waals surface area contributed by atoms with Gasteiger partial charge in [-0.25, -0.2) is 0 Å². The van der Waals surface area contributed by atoms with Crippen LogP contribution in [-0.4, -0.2) is 11.8 Å². The Bertz CT molecular complexity index is 678. The zero-order valence-electron chi connectivity index (χ0n) is 12.6. The van der Waals surface area contributed by atoms with Gasteiger partial charge in [-0.1, -0.05) is 38.1 Å². The van der Waals surface area contributed by atoms with Crippen LogP contribution in [0.25, 0.3) is 10.8 Å². The summed E-state index contributed by atoms with van der Waals surface area (Å²) in [6.07, 6.45) is 0. The van der Waals surface area contributed by atoms with Crippen LogP contribution >= 0.6 is 0 Å². The summed E-state index contributed by atoms with van der Waals surface area (Å²) in [7, 11) is 0. The van der Waals surface area contributed by atoms with Crippen LogP contribution in [0.3, 0.4) is 0 Å². The number of carbonyl (C=O) groups is 2. The lowest BCUT2D eigenvalue weighted by Gasteiger charge is -2.11. The SMILES string of the molecule is CC(=O)NCc1cccc2ccc(NC(=O)C(C)C)cc12. The van der Waals surface area contributed by atoms with Crippen molar-refractivity contribution in [3.8, 4) is 0 Å². The van der Waals surface area contributed by atoms with E-state index >= 15 is 0 Å². The molecule has 0 unspecified atom stereocenters. The monoisotopic (exact) mass is 284 g/mol. The molecular formula is C17H20N2O2. The number of hydrogen-bond donors (Lipinski definition) is 2. The van der Waals surface area contributed by atoms with E-state index in [0.717, 1.165) is 22.0 Å². The van der Waals surface area contributed by atoms with Crippen molar-refractivity contribution in [3.63, 3.8) is 0 Å². The molecule has 0 aliphatic carbocycles. The van der Waals surface area contributed by atoms with Crippen LogP contribution in [0.5, 0.6) is 0 Å². The molecule has 4 nitrogen and oxygen atoms in total. The number of rotatable bonds is 4. The van der Waals surface area contributed by atoms with Crippen LogP contribution in [-0.2, 0) is 16.1 Å². The Morgan fingerprint density at radius 3 is 2.57 bits per heavy atom. The second-order valence-corrected chi connectivity index (χ2v) is 5.41. The first-order valence-electron chi connectivity index (χ1n) is 7.04. The van der Waals surface area contributed by atoms with Crippen molar-refractivity contribution < 1.29 is 9.59 Å². The molecule has 0 aliphatic heterocycles. The topological polar surface area (TPSA) is 58.2 Å². The third-order valence-electron chi connectivity index (χ3n) is 3.29. The van der Waals surface area contributed by atoms with Gasteiger partial charge in [0.2, 0.25) is 11.8 Å². The lowest BCUT2D eigenvalue weighted by atomic mass is 10.0. The van der Waals surface area contributed by atoms with Crippen LogP contribution in [0, 0.1) is 5.92 Å². The number of amides is 2. The van der Waals surface area contributed by atoms with E-state index in [2.05, 4.69) is 10.6 Å². The lowest BCUT2D eigenvalue weighted by molar-refractivity contribution is -0.119. The highest BCUT2D eigenvalue weighted by Gasteiger charge is 2.08. The van der Waals surface area contributed by atoms with Gasteiger partial charge in [0.15, 0.2) is 0 Å². The predicted octanol–water partition coefficient (Wildman–Crippen LogP) is 3.07. The molecule has 0 saturated heterocycles. The number of fused-ring (bicyclic) bond motifs is 1. The van der Waals surface area contributed by atoms with Crippen molar-refractivity contribution in [1.29, 1.82) is 0 Å². The Hall–Kier alpha value is -2.36. The van der Waals surface area contributed by atoms with Gasteiger partial charge in [0.1, 0.15) is 0 Å². The predicted molar refractivity (Wildman–Crippen MR) is 84.9 cm³/mol. The molecule has 110 valence electrons. The molecule has 0 atom stereocenters. The summed E-state index contributed by atoms with van der Waals surface area (Å²) in [6.45, 7) is 5.70. The molecule has 2 aromatic carbocycles. The molecule has 2 rings (SSSR count). The maximum Gasteiger partial charge on any atom is 0.226 e. The van der Waals surface area contributed by atoms with Crippen molar-refractivity contribution >= 4 is 28.3 Å².